The highest BCUT2D eigenvalue weighted by atomic mass is 32.1. The standard InChI is InChI=1S/C9H6N2O3S/c12-8(13)7-4-6(5-15-7)14-9-10-2-1-3-11-9/h1-5H,(H,12,13). The zero-order valence-corrected chi connectivity index (χ0v) is 8.27. The van der Waals surface area contributed by atoms with Crippen molar-refractivity contribution in [1.29, 1.82) is 0 Å². The van der Waals surface area contributed by atoms with Crippen molar-refractivity contribution in [2.24, 2.45) is 0 Å². The summed E-state index contributed by atoms with van der Waals surface area (Å²) in [6.07, 6.45) is 3.10. The van der Waals surface area contributed by atoms with E-state index in [1.807, 2.05) is 0 Å². The quantitative estimate of drug-likeness (QED) is 0.860. The van der Waals surface area contributed by atoms with Crippen LogP contribution in [0.25, 0.3) is 0 Å². The van der Waals surface area contributed by atoms with Crippen molar-refractivity contribution in [1.82, 2.24) is 9.97 Å². The lowest BCUT2D eigenvalue weighted by atomic mass is 10.4. The number of carboxylic acids is 1. The third kappa shape index (κ3) is 2.29. The van der Waals surface area contributed by atoms with Crippen LogP contribution in [0.5, 0.6) is 11.8 Å². The molecule has 2 aromatic heterocycles. The van der Waals surface area contributed by atoms with Gasteiger partial charge in [-0.3, -0.25) is 0 Å². The van der Waals surface area contributed by atoms with Crippen LogP contribution in [0.3, 0.4) is 0 Å². The number of aromatic carboxylic acids is 1. The fourth-order valence-electron chi connectivity index (χ4n) is 0.928. The van der Waals surface area contributed by atoms with Gasteiger partial charge in [0, 0.05) is 23.8 Å². The highest BCUT2D eigenvalue weighted by molar-refractivity contribution is 7.12. The smallest absolute Gasteiger partial charge is 0.346 e. The molecule has 2 aromatic rings. The molecule has 0 fully saturated rings. The average molecular weight is 222 g/mol. The molecule has 5 nitrogen and oxygen atoms in total. The van der Waals surface area contributed by atoms with E-state index in [0.717, 1.165) is 11.3 Å². The summed E-state index contributed by atoms with van der Waals surface area (Å²) >= 11 is 1.10. The van der Waals surface area contributed by atoms with Crippen LogP contribution in [0.1, 0.15) is 9.67 Å². The second-order valence-electron chi connectivity index (χ2n) is 2.59. The van der Waals surface area contributed by atoms with Crippen LogP contribution >= 0.6 is 11.3 Å². The van der Waals surface area contributed by atoms with Crippen molar-refractivity contribution in [3.63, 3.8) is 0 Å². The van der Waals surface area contributed by atoms with Crippen LogP contribution in [-0.2, 0) is 0 Å². The molecular weight excluding hydrogens is 216 g/mol. The molecule has 0 aliphatic heterocycles. The molecule has 0 aromatic carbocycles. The average Bonchev–Trinajstić information content (AvgIpc) is 2.68. The van der Waals surface area contributed by atoms with Gasteiger partial charge >= 0.3 is 12.0 Å². The Morgan fingerprint density at radius 2 is 2.13 bits per heavy atom. The highest BCUT2D eigenvalue weighted by Crippen LogP contribution is 2.24. The zero-order chi connectivity index (χ0) is 10.7. The van der Waals surface area contributed by atoms with Crippen molar-refractivity contribution >= 4 is 17.3 Å². The second kappa shape index (κ2) is 4.05. The van der Waals surface area contributed by atoms with Gasteiger partial charge in [-0.2, -0.15) is 0 Å². The summed E-state index contributed by atoms with van der Waals surface area (Å²) in [6, 6.07) is 3.30. The molecule has 0 atom stereocenters. The van der Waals surface area contributed by atoms with Gasteiger partial charge in [-0.25, -0.2) is 14.8 Å². The lowest BCUT2D eigenvalue weighted by Crippen LogP contribution is -1.91. The van der Waals surface area contributed by atoms with Gasteiger partial charge in [0.15, 0.2) is 0 Å². The molecule has 15 heavy (non-hydrogen) atoms. The zero-order valence-electron chi connectivity index (χ0n) is 7.45. The first-order chi connectivity index (χ1) is 7.25. The molecule has 0 unspecified atom stereocenters. The van der Waals surface area contributed by atoms with Gasteiger partial charge in [0.1, 0.15) is 10.6 Å². The summed E-state index contributed by atoms with van der Waals surface area (Å²) in [7, 11) is 0. The Balaban J connectivity index is 2.15. The number of aromatic nitrogens is 2. The minimum Gasteiger partial charge on any atom is -0.477 e. The predicted octanol–water partition coefficient (Wildman–Crippen LogP) is 2.03. The molecule has 1 N–H and O–H groups in total. The first-order valence-electron chi connectivity index (χ1n) is 4.02. The van der Waals surface area contributed by atoms with E-state index < -0.39 is 5.97 Å². The van der Waals surface area contributed by atoms with Crippen LogP contribution in [0.4, 0.5) is 0 Å². The molecule has 0 aliphatic carbocycles. The van der Waals surface area contributed by atoms with Gasteiger partial charge < -0.3 is 9.84 Å². The lowest BCUT2D eigenvalue weighted by Gasteiger charge is -1.97. The molecule has 0 saturated carbocycles. The van der Waals surface area contributed by atoms with E-state index in [0.29, 0.717) is 5.75 Å². The normalized spacial score (nSPS) is 9.87. The maximum Gasteiger partial charge on any atom is 0.346 e. The number of carboxylic acid groups (broad SMARTS) is 1. The Bertz CT molecular complexity index is 469. The minimum absolute atomic E-state index is 0.201. The minimum atomic E-state index is -0.969. The van der Waals surface area contributed by atoms with E-state index in [4.69, 9.17) is 9.84 Å². The number of carbonyl (C=O) groups is 1. The molecule has 0 aliphatic rings. The van der Waals surface area contributed by atoms with Crippen molar-refractivity contribution in [2.45, 2.75) is 0 Å². The Hall–Kier alpha value is -1.95. The Morgan fingerprint density at radius 3 is 2.73 bits per heavy atom. The van der Waals surface area contributed by atoms with E-state index in [-0.39, 0.29) is 10.9 Å². The molecule has 2 rings (SSSR count). The SMILES string of the molecule is O=C(O)c1cc(Oc2ncccn2)cs1. The molecule has 2 heterocycles. The predicted molar refractivity (Wildman–Crippen MR) is 53.4 cm³/mol. The summed E-state index contributed by atoms with van der Waals surface area (Å²) in [4.78, 5) is 18.5. The van der Waals surface area contributed by atoms with Gasteiger partial charge in [-0.1, -0.05) is 0 Å². The summed E-state index contributed by atoms with van der Waals surface area (Å²) < 4.78 is 5.23. The lowest BCUT2D eigenvalue weighted by molar-refractivity contribution is 0.0702. The molecular formula is C9H6N2O3S. The number of thiophene rings is 1. The second-order valence-corrected chi connectivity index (χ2v) is 3.50. The molecule has 0 spiro atoms. The topological polar surface area (TPSA) is 72.3 Å². The van der Waals surface area contributed by atoms with Crippen LogP contribution in [-0.4, -0.2) is 21.0 Å². The number of ether oxygens (including phenoxy) is 1. The fraction of sp³-hybridized carbons (Fsp3) is 0. The van der Waals surface area contributed by atoms with Gasteiger partial charge in [0.05, 0.1) is 0 Å². The Labute approximate surface area is 89.0 Å². The molecule has 6 heteroatoms. The summed E-state index contributed by atoms with van der Waals surface area (Å²) in [5, 5.41) is 10.3. The van der Waals surface area contributed by atoms with Gasteiger partial charge in [-0.15, -0.1) is 11.3 Å². The molecule has 0 bridgehead atoms. The molecule has 0 amide bonds. The Morgan fingerprint density at radius 1 is 1.40 bits per heavy atom. The van der Waals surface area contributed by atoms with E-state index in [1.165, 1.54) is 6.07 Å². The van der Waals surface area contributed by atoms with Gasteiger partial charge in [-0.05, 0) is 6.07 Å². The van der Waals surface area contributed by atoms with Crippen LogP contribution in [0.15, 0.2) is 29.9 Å². The Kier molecular flexibility index (Phi) is 2.59. The highest BCUT2D eigenvalue weighted by Gasteiger charge is 2.08. The first-order valence-corrected chi connectivity index (χ1v) is 4.90. The van der Waals surface area contributed by atoms with E-state index >= 15 is 0 Å². The number of nitrogens with zero attached hydrogens (tertiary/aromatic N) is 2. The third-order valence-electron chi connectivity index (χ3n) is 1.54. The summed E-state index contributed by atoms with van der Waals surface area (Å²) in [5.41, 5.74) is 0. The van der Waals surface area contributed by atoms with Gasteiger partial charge in [0.25, 0.3) is 0 Å². The van der Waals surface area contributed by atoms with Crippen molar-refractivity contribution in [3.8, 4) is 11.8 Å². The number of rotatable bonds is 3. The first kappa shape index (κ1) is 9.60. The molecule has 0 saturated heterocycles. The van der Waals surface area contributed by atoms with Crippen molar-refractivity contribution in [2.75, 3.05) is 0 Å². The van der Waals surface area contributed by atoms with Gasteiger partial charge in [0.2, 0.25) is 0 Å². The molecule has 76 valence electrons. The van der Waals surface area contributed by atoms with Crippen LogP contribution in [0, 0.1) is 0 Å². The fourth-order valence-corrected chi connectivity index (χ4v) is 1.57. The van der Waals surface area contributed by atoms with Crippen molar-refractivity contribution in [3.05, 3.63) is 34.8 Å². The van der Waals surface area contributed by atoms with Crippen molar-refractivity contribution < 1.29 is 14.6 Å². The monoisotopic (exact) mass is 222 g/mol. The summed E-state index contributed by atoms with van der Waals surface area (Å²) in [5.74, 6) is -0.535. The van der Waals surface area contributed by atoms with Crippen LogP contribution in [0.2, 0.25) is 0 Å². The maximum atomic E-state index is 10.6. The maximum absolute atomic E-state index is 10.6. The van der Waals surface area contributed by atoms with E-state index in [1.54, 1.807) is 23.8 Å². The number of hydrogen-bond acceptors (Lipinski definition) is 5. The van der Waals surface area contributed by atoms with E-state index in [2.05, 4.69) is 9.97 Å². The molecule has 0 radical (unpaired) electrons. The summed E-state index contributed by atoms with van der Waals surface area (Å²) in [6.45, 7) is 0. The third-order valence-corrected chi connectivity index (χ3v) is 2.43. The largest absolute Gasteiger partial charge is 0.477 e. The number of hydrogen-bond donors (Lipinski definition) is 1. The van der Waals surface area contributed by atoms with E-state index in [9.17, 15) is 4.79 Å². The van der Waals surface area contributed by atoms with Crippen LogP contribution < -0.4 is 4.74 Å².